The van der Waals surface area contributed by atoms with Crippen LogP contribution in [-0.2, 0) is 4.74 Å². The Morgan fingerprint density at radius 3 is 2.68 bits per heavy atom. The second-order valence-corrected chi connectivity index (χ2v) is 8.22. The summed E-state index contributed by atoms with van der Waals surface area (Å²) in [5.41, 5.74) is -0.367. The highest BCUT2D eigenvalue weighted by Crippen LogP contribution is 2.28. The van der Waals surface area contributed by atoms with Crippen molar-refractivity contribution in [3.05, 3.63) is 33.0 Å². The Hall–Kier alpha value is -1.34. The van der Waals surface area contributed by atoms with Crippen LogP contribution in [0.5, 0.6) is 0 Å². The maximum absolute atomic E-state index is 13.8. The molecule has 0 bridgehead atoms. The number of carbonyl (C=O) groups excluding carboxylic acids is 2. The molecule has 2 rings (SSSR count). The Morgan fingerprint density at radius 1 is 1.40 bits per heavy atom. The van der Waals surface area contributed by atoms with Gasteiger partial charge in [0.15, 0.2) is 0 Å². The van der Waals surface area contributed by atoms with Crippen molar-refractivity contribution in [2.75, 3.05) is 13.1 Å². The fourth-order valence-corrected chi connectivity index (χ4v) is 3.16. The second kappa shape index (κ2) is 7.91. The number of rotatable bonds is 2. The van der Waals surface area contributed by atoms with Crippen LogP contribution < -0.4 is 5.32 Å². The lowest BCUT2D eigenvalue weighted by atomic mass is 10.0. The number of likely N-dealkylation sites (tertiary alicyclic amines) is 1. The van der Waals surface area contributed by atoms with Gasteiger partial charge in [-0.05, 0) is 61.7 Å². The van der Waals surface area contributed by atoms with Crippen LogP contribution in [0.15, 0.2) is 16.6 Å². The molecule has 1 saturated heterocycles. The molecule has 0 spiro atoms. The van der Waals surface area contributed by atoms with Gasteiger partial charge < -0.3 is 15.0 Å². The van der Waals surface area contributed by atoms with Crippen molar-refractivity contribution in [2.24, 2.45) is 0 Å². The molecule has 0 unspecified atom stereocenters. The minimum atomic E-state index is -0.653. The van der Waals surface area contributed by atoms with Crippen LogP contribution in [0.2, 0.25) is 5.02 Å². The molecule has 1 aromatic rings. The molecule has 1 aliphatic heterocycles. The van der Waals surface area contributed by atoms with Gasteiger partial charge in [0.2, 0.25) is 0 Å². The van der Waals surface area contributed by atoms with E-state index in [0.717, 1.165) is 18.9 Å². The highest BCUT2D eigenvalue weighted by molar-refractivity contribution is 9.10. The van der Waals surface area contributed by atoms with Gasteiger partial charge in [0, 0.05) is 29.2 Å². The summed E-state index contributed by atoms with van der Waals surface area (Å²) in [5, 5.41) is 2.73. The Labute approximate surface area is 160 Å². The van der Waals surface area contributed by atoms with E-state index in [2.05, 4.69) is 21.2 Å². The van der Waals surface area contributed by atoms with Gasteiger partial charge in [-0.25, -0.2) is 9.18 Å². The lowest BCUT2D eigenvalue weighted by Gasteiger charge is -2.33. The standard InChI is InChI=1S/C17H21BrClFN2O3/c1-17(2,3)25-16(24)21-11-5-4-6-22(9-11)15(23)10-7-12(18)14(19)13(20)8-10/h7-8,11H,4-6,9H2,1-3H3,(H,21,24)/t11-/m0/s1. The SMILES string of the molecule is CC(C)(C)OC(=O)N[C@H]1CCCN(C(=O)c2cc(F)c(Cl)c(Br)c2)C1. The summed E-state index contributed by atoms with van der Waals surface area (Å²) in [7, 11) is 0. The Bertz CT molecular complexity index is 655. The van der Waals surface area contributed by atoms with Crippen molar-refractivity contribution in [1.29, 1.82) is 0 Å². The maximum atomic E-state index is 13.8. The highest BCUT2D eigenvalue weighted by atomic mass is 79.9. The van der Waals surface area contributed by atoms with Gasteiger partial charge in [-0.2, -0.15) is 0 Å². The molecule has 0 saturated carbocycles. The van der Waals surface area contributed by atoms with Gasteiger partial charge in [0.05, 0.1) is 5.02 Å². The van der Waals surface area contributed by atoms with Crippen LogP contribution in [-0.4, -0.2) is 41.6 Å². The Morgan fingerprint density at radius 2 is 2.08 bits per heavy atom. The molecular weight excluding hydrogens is 415 g/mol. The smallest absolute Gasteiger partial charge is 0.407 e. The number of alkyl carbamates (subject to hydrolysis) is 1. The maximum Gasteiger partial charge on any atom is 0.407 e. The van der Waals surface area contributed by atoms with E-state index < -0.39 is 17.5 Å². The lowest BCUT2D eigenvalue weighted by Crippen LogP contribution is -2.50. The number of carbonyl (C=O) groups is 2. The zero-order valence-electron chi connectivity index (χ0n) is 14.4. The van der Waals surface area contributed by atoms with E-state index in [0.29, 0.717) is 17.6 Å². The largest absolute Gasteiger partial charge is 0.444 e. The van der Waals surface area contributed by atoms with E-state index in [-0.39, 0.29) is 22.5 Å². The van der Waals surface area contributed by atoms with Crippen molar-refractivity contribution >= 4 is 39.5 Å². The van der Waals surface area contributed by atoms with E-state index >= 15 is 0 Å². The first-order valence-electron chi connectivity index (χ1n) is 8.00. The third-order valence-electron chi connectivity index (χ3n) is 3.66. The molecule has 8 heteroatoms. The average molecular weight is 436 g/mol. The zero-order chi connectivity index (χ0) is 18.8. The fourth-order valence-electron chi connectivity index (χ4n) is 2.62. The third-order valence-corrected chi connectivity index (χ3v) is 4.90. The molecule has 1 N–H and O–H groups in total. The van der Waals surface area contributed by atoms with Crippen LogP contribution >= 0.6 is 27.5 Å². The van der Waals surface area contributed by atoms with Crippen LogP contribution in [0.3, 0.4) is 0 Å². The predicted octanol–water partition coefficient (Wildman–Crippen LogP) is 4.37. The summed E-state index contributed by atoms with van der Waals surface area (Å²) >= 11 is 8.91. The number of hydrogen-bond acceptors (Lipinski definition) is 3. The zero-order valence-corrected chi connectivity index (χ0v) is 16.7. The van der Waals surface area contributed by atoms with Crippen molar-refractivity contribution < 1.29 is 18.7 Å². The summed E-state index contributed by atoms with van der Waals surface area (Å²) < 4.78 is 19.3. The van der Waals surface area contributed by atoms with Gasteiger partial charge in [0.1, 0.15) is 11.4 Å². The van der Waals surface area contributed by atoms with Crippen LogP contribution in [0.4, 0.5) is 9.18 Å². The molecule has 138 valence electrons. The first-order valence-corrected chi connectivity index (χ1v) is 9.17. The van der Waals surface area contributed by atoms with Crippen molar-refractivity contribution in [1.82, 2.24) is 10.2 Å². The van der Waals surface area contributed by atoms with Crippen LogP contribution in [0, 0.1) is 5.82 Å². The second-order valence-electron chi connectivity index (χ2n) is 6.99. The first-order chi connectivity index (χ1) is 11.6. The monoisotopic (exact) mass is 434 g/mol. The summed E-state index contributed by atoms with van der Waals surface area (Å²) in [5.74, 6) is -0.952. The molecule has 1 atom stereocenters. The van der Waals surface area contributed by atoms with Crippen molar-refractivity contribution in [3.63, 3.8) is 0 Å². The average Bonchev–Trinajstić information content (AvgIpc) is 2.49. The molecule has 0 radical (unpaired) electrons. The topological polar surface area (TPSA) is 58.6 Å². The number of nitrogens with one attached hydrogen (secondary N) is 1. The van der Waals surface area contributed by atoms with Crippen molar-refractivity contribution in [2.45, 2.75) is 45.3 Å². The molecular formula is C17H21BrClFN2O3. The van der Waals surface area contributed by atoms with Gasteiger partial charge in [-0.3, -0.25) is 4.79 Å². The summed E-state index contributed by atoms with van der Waals surface area (Å²) in [6.07, 6.45) is 0.984. The first kappa shape index (κ1) is 20.0. The van der Waals surface area contributed by atoms with Crippen LogP contribution in [0.1, 0.15) is 44.0 Å². The number of ether oxygens (including phenoxy) is 1. The minimum absolute atomic E-state index is 0.0559. The lowest BCUT2D eigenvalue weighted by molar-refractivity contribution is 0.0452. The minimum Gasteiger partial charge on any atom is -0.444 e. The number of amides is 2. The van der Waals surface area contributed by atoms with E-state index in [1.165, 1.54) is 6.07 Å². The number of piperidine rings is 1. The number of benzene rings is 1. The van der Waals surface area contributed by atoms with E-state index in [9.17, 15) is 14.0 Å². The van der Waals surface area contributed by atoms with Gasteiger partial charge in [-0.15, -0.1) is 0 Å². The van der Waals surface area contributed by atoms with Gasteiger partial charge in [-0.1, -0.05) is 11.6 Å². The quantitative estimate of drug-likeness (QED) is 0.702. The molecule has 1 aromatic carbocycles. The van der Waals surface area contributed by atoms with Crippen molar-refractivity contribution in [3.8, 4) is 0 Å². The Kier molecular flexibility index (Phi) is 6.32. The van der Waals surface area contributed by atoms with E-state index in [1.54, 1.807) is 25.7 Å². The summed E-state index contributed by atoms with van der Waals surface area (Å²) in [4.78, 5) is 26.1. The third kappa shape index (κ3) is 5.57. The molecule has 25 heavy (non-hydrogen) atoms. The molecule has 1 heterocycles. The Balaban J connectivity index is 2.03. The molecule has 0 aliphatic carbocycles. The van der Waals surface area contributed by atoms with E-state index in [4.69, 9.17) is 16.3 Å². The fraction of sp³-hybridized carbons (Fsp3) is 0.529. The number of halogens is 3. The molecule has 5 nitrogen and oxygen atoms in total. The van der Waals surface area contributed by atoms with Gasteiger partial charge >= 0.3 is 6.09 Å². The van der Waals surface area contributed by atoms with Gasteiger partial charge in [0.25, 0.3) is 5.91 Å². The van der Waals surface area contributed by atoms with E-state index in [1.807, 2.05) is 0 Å². The molecule has 1 aliphatic rings. The normalized spacial score (nSPS) is 18.0. The van der Waals surface area contributed by atoms with Crippen LogP contribution in [0.25, 0.3) is 0 Å². The molecule has 0 aromatic heterocycles. The molecule has 2 amide bonds. The number of hydrogen-bond donors (Lipinski definition) is 1. The highest BCUT2D eigenvalue weighted by Gasteiger charge is 2.27. The predicted molar refractivity (Wildman–Crippen MR) is 97.4 cm³/mol. The number of nitrogens with zero attached hydrogens (tertiary/aromatic N) is 1. The summed E-state index contributed by atoms with van der Waals surface area (Å²) in [6.45, 7) is 6.26. The summed E-state index contributed by atoms with van der Waals surface area (Å²) in [6, 6.07) is 2.42. The molecule has 1 fully saturated rings.